The number of rotatable bonds is 5. The average Bonchev–Trinajstić information content (AvgIpc) is 3.03. The van der Waals surface area contributed by atoms with Gasteiger partial charge in [0.25, 0.3) is 0 Å². The standard InChI is InChI=1S/C19H17ClN2O3S/c1-24-13-5-2-4-12(8-13)9-17(23)25-14-10-22(11-14)19-21-18-15(20)6-3-7-16(18)26-19/h2-8,14H,9-11H2,1H3. The zero-order chi connectivity index (χ0) is 18.1. The molecule has 0 spiro atoms. The smallest absolute Gasteiger partial charge is 0.310 e. The minimum Gasteiger partial charge on any atom is -0.497 e. The lowest BCUT2D eigenvalue weighted by Gasteiger charge is -2.38. The molecule has 2 heterocycles. The van der Waals surface area contributed by atoms with E-state index in [0.29, 0.717) is 18.1 Å². The van der Waals surface area contributed by atoms with E-state index in [1.165, 1.54) is 0 Å². The number of para-hydroxylation sites is 1. The van der Waals surface area contributed by atoms with Gasteiger partial charge in [0.05, 0.1) is 36.3 Å². The van der Waals surface area contributed by atoms with Crippen LogP contribution in [0.5, 0.6) is 5.75 Å². The van der Waals surface area contributed by atoms with Crippen molar-refractivity contribution in [1.82, 2.24) is 4.98 Å². The Bertz CT molecular complexity index is 953. The lowest BCUT2D eigenvalue weighted by molar-refractivity contribution is -0.149. The van der Waals surface area contributed by atoms with E-state index >= 15 is 0 Å². The van der Waals surface area contributed by atoms with Crippen LogP contribution in [0.1, 0.15) is 5.56 Å². The van der Waals surface area contributed by atoms with Crippen molar-refractivity contribution in [3.05, 3.63) is 53.1 Å². The Morgan fingerprint density at radius 1 is 1.31 bits per heavy atom. The quantitative estimate of drug-likeness (QED) is 0.620. The van der Waals surface area contributed by atoms with Gasteiger partial charge >= 0.3 is 5.97 Å². The molecule has 2 aromatic carbocycles. The highest BCUT2D eigenvalue weighted by atomic mass is 35.5. The fraction of sp³-hybridized carbons (Fsp3) is 0.263. The first-order chi connectivity index (χ1) is 12.6. The Kier molecular flexibility index (Phi) is 4.70. The number of hydrogen-bond acceptors (Lipinski definition) is 6. The minimum atomic E-state index is -0.227. The summed E-state index contributed by atoms with van der Waals surface area (Å²) in [6.45, 7) is 1.31. The van der Waals surface area contributed by atoms with Crippen LogP contribution in [0, 0.1) is 0 Å². The maximum absolute atomic E-state index is 12.1. The number of esters is 1. The third kappa shape index (κ3) is 3.48. The molecule has 5 nitrogen and oxygen atoms in total. The molecule has 7 heteroatoms. The summed E-state index contributed by atoms with van der Waals surface area (Å²) in [5, 5.41) is 1.57. The minimum absolute atomic E-state index is 0.101. The van der Waals surface area contributed by atoms with Gasteiger partial charge in [0.15, 0.2) is 5.13 Å². The number of benzene rings is 2. The SMILES string of the molecule is COc1cccc(CC(=O)OC2CN(c3nc4c(Cl)cccc4s3)C2)c1. The molecule has 0 N–H and O–H groups in total. The number of thiazole rings is 1. The van der Waals surface area contributed by atoms with Gasteiger partial charge in [-0.2, -0.15) is 0 Å². The Morgan fingerprint density at radius 2 is 2.12 bits per heavy atom. The van der Waals surface area contributed by atoms with Crippen molar-refractivity contribution in [1.29, 1.82) is 0 Å². The maximum Gasteiger partial charge on any atom is 0.310 e. The third-order valence-corrected chi connectivity index (χ3v) is 5.64. The van der Waals surface area contributed by atoms with Crippen LogP contribution in [0.15, 0.2) is 42.5 Å². The van der Waals surface area contributed by atoms with Gasteiger partial charge in [-0.25, -0.2) is 4.98 Å². The van der Waals surface area contributed by atoms with Gasteiger partial charge in [-0.05, 0) is 29.8 Å². The summed E-state index contributed by atoms with van der Waals surface area (Å²) in [5.74, 6) is 0.509. The number of aromatic nitrogens is 1. The number of hydrogen-bond donors (Lipinski definition) is 0. The zero-order valence-corrected chi connectivity index (χ0v) is 15.7. The second kappa shape index (κ2) is 7.13. The highest BCUT2D eigenvalue weighted by Crippen LogP contribution is 2.34. The molecule has 1 aliphatic heterocycles. The number of fused-ring (bicyclic) bond motifs is 1. The van der Waals surface area contributed by atoms with Crippen molar-refractivity contribution in [2.24, 2.45) is 0 Å². The first kappa shape index (κ1) is 17.1. The molecule has 1 aliphatic rings. The lowest BCUT2D eigenvalue weighted by Crippen LogP contribution is -2.53. The molecule has 1 fully saturated rings. The molecule has 4 rings (SSSR count). The Morgan fingerprint density at radius 3 is 2.88 bits per heavy atom. The molecule has 1 saturated heterocycles. The molecular formula is C19H17ClN2O3S. The Labute approximate surface area is 160 Å². The molecule has 134 valence electrons. The summed E-state index contributed by atoms with van der Waals surface area (Å²) in [5.41, 5.74) is 1.71. The lowest BCUT2D eigenvalue weighted by atomic mass is 10.1. The van der Waals surface area contributed by atoms with Crippen molar-refractivity contribution in [2.75, 3.05) is 25.1 Å². The molecule has 0 unspecified atom stereocenters. The number of halogens is 1. The van der Waals surface area contributed by atoms with Crippen molar-refractivity contribution in [2.45, 2.75) is 12.5 Å². The first-order valence-electron chi connectivity index (χ1n) is 8.25. The van der Waals surface area contributed by atoms with Crippen molar-refractivity contribution in [3.63, 3.8) is 0 Å². The fourth-order valence-corrected chi connectivity index (χ4v) is 4.17. The number of carbonyl (C=O) groups excluding carboxylic acids is 1. The molecule has 0 bridgehead atoms. The number of anilines is 1. The largest absolute Gasteiger partial charge is 0.497 e. The molecule has 1 aromatic heterocycles. The van der Waals surface area contributed by atoms with E-state index in [-0.39, 0.29) is 18.5 Å². The topological polar surface area (TPSA) is 51.7 Å². The maximum atomic E-state index is 12.1. The summed E-state index contributed by atoms with van der Waals surface area (Å²) < 4.78 is 11.8. The van der Waals surface area contributed by atoms with Crippen LogP contribution < -0.4 is 9.64 Å². The third-order valence-electron chi connectivity index (χ3n) is 4.26. The number of ether oxygens (including phenoxy) is 2. The van der Waals surface area contributed by atoms with Gasteiger partial charge in [-0.1, -0.05) is 41.1 Å². The van der Waals surface area contributed by atoms with E-state index < -0.39 is 0 Å². The highest BCUT2D eigenvalue weighted by Gasteiger charge is 2.32. The molecule has 0 aliphatic carbocycles. The van der Waals surface area contributed by atoms with Crippen LogP contribution in [-0.4, -0.2) is 37.3 Å². The van der Waals surface area contributed by atoms with Gasteiger partial charge in [-0.15, -0.1) is 0 Å². The summed E-state index contributed by atoms with van der Waals surface area (Å²) >= 11 is 7.78. The van der Waals surface area contributed by atoms with Crippen LogP contribution in [0.4, 0.5) is 5.13 Å². The second-order valence-corrected chi connectivity index (χ2v) is 7.54. The van der Waals surface area contributed by atoms with E-state index in [0.717, 1.165) is 26.7 Å². The van der Waals surface area contributed by atoms with Crippen molar-refractivity contribution < 1.29 is 14.3 Å². The van der Waals surface area contributed by atoms with E-state index in [2.05, 4.69) is 9.88 Å². The van der Waals surface area contributed by atoms with Gasteiger partial charge in [0.1, 0.15) is 17.4 Å². The van der Waals surface area contributed by atoms with Crippen LogP contribution in [-0.2, 0) is 16.0 Å². The van der Waals surface area contributed by atoms with Gasteiger partial charge in [-0.3, -0.25) is 4.79 Å². The number of carbonyl (C=O) groups is 1. The van der Waals surface area contributed by atoms with Crippen LogP contribution in [0.2, 0.25) is 5.02 Å². The van der Waals surface area contributed by atoms with E-state index in [9.17, 15) is 4.79 Å². The average molecular weight is 389 g/mol. The molecule has 3 aromatic rings. The van der Waals surface area contributed by atoms with Crippen LogP contribution in [0.25, 0.3) is 10.2 Å². The van der Waals surface area contributed by atoms with Gasteiger partial charge in [0, 0.05) is 0 Å². The summed E-state index contributed by atoms with van der Waals surface area (Å²) in [4.78, 5) is 18.8. The molecule has 0 atom stereocenters. The Balaban J connectivity index is 1.32. The monoisotopic (exact) mass is 388 g/mol. The predicted molar refractivity (Wildman–Crippen MR) is 103 cm³/mol. The Hall–Kier alpha value is -2.31. The summed E-state index contributed by atoms with van der Waals surface area (Å²) in [6.07, 6.45) is 0.139. The van der Waals surface area contributed by atoms with Crippen LogP contribution in [0.3, 0.4) is 0 Å². The van der Waals surface area contributed by atoms with E-state index in [1.807, 2.05) is 42.5 Å². The van der Waals surface area contributed by atoms with Gasteiger partial charge in [0.2, 0.25) is 0 Å². The number of methoxy groups -OCH3 is 1. The summed E-state index contributed by atoms with van der Waals surface area (Å²) in [6, 6.07) is 13.2. The molecule has 26 heavy (non-hydrogen) atoms. The molecule has 0 amide bonds. The summed E-state index contributed by atoms with van der Waals surface area (Å²) in [7, 11) is 1.61. The van der Waals surface area contributed by atoms with Crippen molar-refractivity contribution >= 4 is 44.3 Å². The zero-order valence-electron chi connectivity index (χ0n) is 14.1. The molecular weight excluding hydrogens is 372 g/mol. The number of nitrogens with zero attached hydrogens (tertiary/aromatic N) is 2. The molecule has 0 radical (unpaired) electrons. The van der Waals surface area contributed by atoms with Crippen molar-refractivity contribution in [3.8, 4) is 5.75 Å². The van der Waals surface area contributed by atoms with E-state index in [1.54, 1.807) is 18.4 Å². The van der Waals surface area contributed by atoms with E-state index in [4.69, 9.17) is 21.1 Å². The normalized spacial score (nSPS) is 14.3. The predicted octanol–water partition coefficient (Wildman–Crippen LogP) is 3.93. The first-order valence-corrected chi connectivity index (χ1v) is 9.44. The van der Waals surface area contributed by atoms with Crippen LogP contribution >= 0.6 is 22.9 Å². The second-order valence-electron chi connectivity index (χ2n) is 6.13. The fourth-order valence-electron chi connectivity index (χ4n) is 2.88. The highest BCUT2D eigenvalue weighted by molar-refractivity contribution is 7.22. The van der Waals surface area contributed by atoms with Gasteiger partial charge < -0.3 is 14.4 Å². The molecule has 0 saturated carbocycles.